The summed E-state index contributed by atoms with van der Waals surface area (Å²) in [6.45, 7) is 1.77. The van der Waals surface area contributed by atoms with Crippen molar-refractivity contribution < 1.29 is 14.6 Å². The Kier molecular flexibility index (Phi) is 2.74. The Balaban J connectivity index is 2.25. The van der Waals surface area contributed by atoms with Gasteiger partial charge in [0.25, 0.3) is 0 Å². The zero-order chi connectivity index (χ0) is 12.9. The zero-order valence-corrected chi connectivity index (χ0v) is 11.2. The van der Waals surface area contributed by atoms with Gasteiger partial charge in [-0.15, -0.1) is 0 Å². The highest BCUT2D eigenvalue weighted by Gasteiger charge is 2.42. The maximum atomic E-state index is 9.92. The largest absolute Gasteiger partial charge is 0.496 e. The van der Waals surface area contributed by atoms with Crippen molar-refractivity contribution in [3.8, 4) is 11.5 Å². The molecule has 0 saturated heterocycles. The molecule has 18 heavy (non-hydrogen) atoms. The summed E-state index contributed by atoms with van der Waals surface area (Å²) in [6.07, 6.45) is 3.18. The third-order valence-corrected chi connectivity index (χ3v) is 4.47. The van der Waals surface area contributed by atoms with Crippen LogP contribution in [-0.4, -0.2) is 19.3 Å². The van der Waals surface area contributed by atoms with Crippen LogP contribution in [0.5, 0.6) is 11.5 Å². The van der Waals surface area contributed by atoms with Gasteiger partial charge in [0.05, 0.1) is 20.3 Å². The van der Waals surface area contributed by atoms with Crippen molar-refractivity contribution in [2.75, 3.05) is 14.2 Å². The average Bonchev–Trinajstić information content (AvgIpc) is 2.97. The summed E-state index contributed by atoms with van der Waals surface area (Å²) in [5.74, 6) is 3.02. The fraction of sp³-hybridized carbons (Fsp3) is 0.600. The van der Waals surface area contributed by atoms with Crippen LogP contribution in [0.4, 0.5) is 0 Å². The monoisotopic (exact) mass is 248 g/mol. The molecule has 1 aromatic rings. The third kappa shape index (κ3) is 1.46. The number of hydrogen-bond acceptors (Lipinski definition) is 3. The summed E-state index contributed by atoms with van der Waals surface area (Å²) in [5, 5.41) is 9.92. The first-order chi connectivity index (χ1) is 8.67. The summed E-state index contributed by atoms with van der Waals surface area (Å²) < 4.78 is 11.1. The minimum atomic E-state index is -0.529. The topological polar surface area (TPSA) is 38.7 Å². The van der Waals surface area contributed by atoms with Gasteiger partial charge in [-0.05, 0) is 44.1 Å². The second-order valence-electron chi connectivity index (χ2n) is 5.41. The lowest BCUT2D eigenvalue weighted by Crippen LogP contribution is -2.08. The van der Waals surface area contributed by atoms with E-state index in [1.165, 1.54) is 30.4 Å². The van der Waals surface area contributed by atoms with Crippen LogP contribution < -0.4 is 9.47 Å². The maximum absolute atomic E-state index is 9.92. The normalized spacial score (nSPS) is 26.0. The number of benzene rings is 1. The lowest BCUT2D eigenvalue weighted by molar-refractivity contribution is 0.193. The van der Waals surface area contributed by atoms with Crippen LogP contribution in [0.25, 0.3) is 0 Å². The van der Waals surface area contributed by atoms with E-state index in [0.29, 0.717) is 11.8 Å². The smallest absolute Gasteiger partial charge is 0.128 e. The van der Waals surface area contributed by atoms with E-state index in [-0.39, 0.29) is 0 Å². The van der Waals surface area contributed by atoms with Crippen LogP contribution in [0.15, 0.2) is 6.07 Å². The van der Waals surface area contributed by atoms with Gasteiger partial charge in [0.1, 0.15) is 11.5 Å². The molecule has 2 aliphatic carbocycles. The molecule has 1 fully saturated rings. The Bertz CT molecular complexity index is 479. The summed E-state index contributed by atoms with van der Waals surface area (Å²) in [5.41, 5.74) is 3.47. The van der Waals surface area contributed by atoms with E-state index in [9.17, 15) is 5.11 Å². The molecule has 0 heterocycles. The van der Waals surface area contributed by atoms with Gasteiger partial charge >= 0.3 is 0 Å². The molecule has 0 spiro atoms. The number of methoxy groups -OCH3 is 2. The molecule has 2 bridgehead atoms. The van der Waals surface area contributed by atoms with Crippen LogP contribution in [0.3, 0.4) is 0 Å². The number of hydrogen-bond donors (Lipinski definition) is 1. The highest BCUT2D eigenvalue weighted by Crippen LogP contribution is 2.59. The van der Waals surface area contributed by atoms with E-state index in [4.69, 9.17) is 9.47 Å². The SMILES string of the molecule is COc1cc(C(C)O)c(OC)c2c1C1CCC2C1. The summed E-state index contributed by atoms with van der Waals surface area (Å²) in [6, 6.07) is 1.95. The highest BCUT2D eigenvalue weighted by atomic mass is 16.5. The Morgan fingerprint density at radius 2 is 1.83 bits per heavy atom. The molecule has 3 rings (SSSR count). The molecule has 1 aromatic carbocycles. The van der Waals surface area contributed by atoms with Crippen LogP contribution in [-0.2, 0) is 0 Å². The van der Waals surface area contributed by atoms with Gasteiger partial charge in [-0.3, -0.25) is 0 Å². The van der Waals surface area contributed by atoms with E-state index in [1.54, 1.807) is 21.1 Å². The van der Waals surface area contributed by atoms with Crippen molar-refractivity contribution in [3.05, 3.63) is 22.8 Å². The summed E-state index contributed by atoms with van der Waals surface area (Å²) >= 11 is 0. The predicted octanol–water partition coefficient (Wildman–Crippen LogP) is 3.12. The van der Waals surface area contributed by atoms with Gasteiger partial charge in [0, 0.05) is 16.7 Å². The Morgan fingerprint density at radius 1 is 1.17 bits per heavy atom. The minimum absolute atomic E-state index is 0.529. The van der Waals surface area contributed by atoms with Crippen molar-refractivity contribution in [1.29, 1.82) is 0 Å². The van der Waals surface area contributed by atoms with E-state index in [2.05, 4.69) is 0 Å². The predicted molar refractivity (Wildman–Crippen MR) is 69.5 cm³/mol. The van der Waals surface area contributed by atoms with E-state index < -0.39 is 6.10 Å². The first kappa shape index (κ1) is 11.8. The molecule has 0 amide bonds. The minimum Gasteiger partial charge on any atom is -0.496 e. The van der Waals surface area contributed by atoms with Crippen molar-refractivity contribution >= 4 is 0 Å². The molecule has 1 N–H and O–H groups in total. The number of aliphatic hydroxyl groups excluding tert-OH is 1. The Hall–Kier alpha value is -1.22. The molecule has 0 aromatic heterocycles. The summed E-state index contributed by atoms with van der Waals surface area (Å²) in [4.78, 5) is 0. The molecule has 0 radical (unpaired) electrons. The lowest BCUT2D eigenvalue weighted by Gasteiger charge is -2.24. The molecule has 2 aliphatic rings. The number of ether oxygens (including phenoxy) is 2. The molecular formula is C15H20O3. The van der Waals surface area contributed by atoms with Gasteiger partial charge in [-0.1, -0.05) is 0 Å². The lowest BCUT2D eigenvalue weighted by atomic mass is 9.87. The quantitative estimate of drug-likeness (QED) is 0.893. The second-order valence-corrected chi connectivity index (χ2v) is 5.41. The van der Waals surface area contributed by atoms with Gasteiger partial charge in [-0.25, -0.2) is 0 Å². The Labute approximate surface area is 108 Å². The molecule has 98 valence electrons. The summed E-state index contributed by atoms with van der Waals surface area (Å²) in [7, 11) is 3.40. The van der Waals surface area contributed by atoms with Gasteiger partial charge in [-0.2, -0.15) is 0 Å². The average molecular weight is 248 g/mol. The Morgan fingerprint density at radius 3 is 2.39 bits per heavy atom. The first-order valence-corrected chi connectivity index (χ1v) is 6.64. The molecule has 3 atom stereocenters. The first-order valence-electron chi connectivity index (χ1n) is 6.64. The van der Waals surface area contributed by atoms with Crippen LogP contribution in [0.1, 0.15) is 60.8 Å². The fourth-order valence-electron chi connectivity index (χ4n) is 3.73. The molecule has 3 unspecified atom stereocenters. The fourth-order valence-corrected chi connectivity index (χ4v) is 3.73. The number of fused-ring (bicyclic) bond motifs is 5. The molecular weight excluding hydrogens is 228 g/mol. The zero-order valence-electron chi connectivity index (χ0n) is 11.2. The van der Waals surface area contributed by atoms with Crippen molar-refractivity contribution in [1.82, 2.24) is 0 Å². The maximum Gasteiger partial charge on any atom is 0.128 e. The van der Waals surface area contributed by atoms with Crippen LogP contribution in [0, 0.1) is 0 Å². The van der Waals surface area contributed by atoms with E-state index in [0.717, 1.165) is 17.1 Å². The van der Waals surface area contributed by atoms with E-state index >= 15 is 0 Å². The van der Waals surface area contributed by atoms with Gasteiger partial charge in [0.2, 0.25) is 0 Å². The molecule has 1 saturated carbocycles. The molecule has 0 aliphatic heterocycles. The molecule has 3 heteroatoms. The van der Waals surface area contributed by atoms with Gasteiger partial charge < -0.3 is 14.6 Å². The van der Waals surface area contributed by atoms with E-state index in [1.807, 2.05) is 6.07 Å². The molecule has 3 nitrogen and oxygen atoms in total. The van der Waals surface area contributed by atoms with Crippen LogP contribution >= 0.6 is 0 Å². The van der Waals surface area contributed by atoms with Crippen LogP contribution in [0.2, 0.25) is 0 Å². The second kappa shape index (κ2) is 4.16. The third-order valence-electron chi connectivity index (χ3n) is 4.47. The van der Waals surface area contributed by atoms with Crippen molar-refractivity contribution in [2.24, 2.45) is 0 Å². The highest BCUT2D eigenvalue weighted by molar-refractivity contribution is 5.60. The number of aliphatic hydroxyl groups is 1. The van der Waals surface area contributed by atoms with Crippen molar-refractivity contribution in [2.45, 2.75) is 44.1 Å². The standard InChI is InChI=1S/C15H20O3/c1-8(16)11-7-12(17-2)13-9-4-5-10(6-9)14(13)15(11)18-3/h7-10,16H,4-6H2,1-3H3. The van der Waals surface area contributed by atoms with Gasteiger partial charge in [0.15, 0.2) is 0 Å². The van der Waals surface area contributed by atoms with Crippen molar-refractivity contribution in [3.63, 3.8) is 0 Å². The number of rotatable bonds is 3.